The van der Waals surface area contributed by atoms with Crippen LogP contribution in [0.4, 0.5) is 0 Å². The zero-order valence-electron chi connectivity index (χ0n) is 24.1. The summed E-state index contributed by atoms with van der Waals surface area (Å²) in [5.74, 6) is 1.20. The molecular weight excluding hydrogens is 563 g/mol. The lowest BCUT2D eigenvalue weighted by Gasteiger charge is -2.28. The average molecular weight is 602 g/mol. The van der Waals surface area contributed by atoms with E-state index in [1.807, 2.05) is 24.3 Å². The van der Waals surface area contributed by atoms with Gasteiger partial charge in [0, 0.05) is 46.3 Å². The van der Waals surface area contributed by atoms with Crippen molar-refractivity contribution in [3.8, 4) is 11.5 Å². The van der Waals surface area contributed by atoms with Gasteiger partial charge in [-0.15, -0.1) is 0 Å². The highest BCUT2D eigenvalue weighted by molar-refractivity contribution is 6.33. The third-order valence-corrected chi connectivity index (χ3v) is 8.16. The smallest absolute Gasteiger partial charge is 0.228 e. The molecule has 8 nitrogen and oxygen atoms in total. The van der Waals surface area contributed by atoms with Crippen molar-refractivity contribution in [2.75, 3.05) is 27.3 Å². The van der Waals surface area contributed by atoms with Gasteiger partial charge in [0.05, 0.1) is 24.3 Å². The number of rotatable bonds is 16. The second-order valence-corrected chi connectivity index (χ2v) is 10.9. The number of aromatic nitrogens is 2. The minimum atomic E-state index is 0.344. The summed E-state index contributed by atoms with van der Waals surface area (Å²) < 4.78 is 10.9. The summed E-state index contributed by atoms with van der Waals surface area (Å²) in [6, 6.07) is 7.61. The van der Waals surface area contributed by atoms with E-state index in [-0.39, 0.29) is 0 Å². The number of nitrogens with zero attached hydrogens (tertiary/aromatic N) is 2. The second-order valence-electron chi connectivity index (χ2n) is 10.1. The van der Waals surface area contributed by atoms with Gasteiger partial charge in [0.2, 0.25) is 12.8 Å². The van der Waals surface area contributed by atoms with Gasteiger partial charge in [-0.1, -0.05) is 49.9 Å². The minimum absolute atomic E-state index is 0.344. The van der Waals surface area contributed by atoms with Crippen molar-refractivity contribution in [1.29, 1.82) is 0 Å². The molecule has 4 aromatic rings. The van der Waals surface area contributed by atoms with Crippen molar-refractivity contribution in [3.05, 3.63) is 56.8 Å². The van der Waals surface area contributed by atoms with E-state index in [0.717, 1.165) is 89.2 Å². The lowest BCUT2D eigenvalue weighted by atomic mass is 10.0. The first kappa shape index (κ1) is 30.6. The standard InChI is InChI=1S/C31H38Cl2N4O4/c1-5-7-9-27-21(23-15-31(41-4)25(33)17-29(23)35-27)11-13-37(19-39)36(18-38)12-10-20-22-14-30(40-3)24(32)16-28(22)34-26(20)8-6-2/h14-19,34-35H,5-13H2,1-4H3. The van der Waals surface area contributed by atoms with Crippen LogP contribution < -0.4 is 9.47 Å². The van der Waals surface area contributed by atoms with Crippen molar-refractivity contribution in [1.82, 2.24) is 20.0 Å². The highest BCUT2D eigenvalue weighted by atomic mass is 35.5. The largest absolute Gasteiger partial charge is 0.495 e. The van der Waals surface area contributed by atoms with E-state index in [4.69, 9.17) is 32.7 Å². The molecule has 0 aliphatic rings. The number of halogens is 2. The third kappa shape index (κ3) is 6.60. The average Bonchev–Trinajstić information content (AvgIpc) is 3.48. The summed E-state index contributed by atoms with van der Waals surface area (Å²) in [4.78, 5) is 31.5. The number of carbonyl (C=O) groups excluding carboxylic acids is 2. The number of unbranched alkanes of at least 4 members (excludes halogenated alkanes) is 1. The van der Waals surface area contributed by atoms with Crippen molar-refractivity contribution < 1.29 is 19.1 Å². The highest BCUT2D eigenvalue weighted by Crippen LogP contribution is 2.35. The van der Waals surface area contributed by atoms with E-state index in [1.54, 1.807) is 14.2 Å². The summed E-state index contributed by atoms with van der Waals surface area (Å²) >= 11 is 12.8. The van der Waals surface area contributed by atoms with Gasteiger partial charge in [0.1, 0.15) is 11.5 Å². The van der Waals surface area contributed by atoms with Gasteiger partial charge in [0.25, 0.3) is 0 Å². The quantitative estimate of drug-likeness (QED) is 0.108. The van der Waals surface area contributed by atoms with E-state index in [0.29, 0.717) is 47.5 Å². The Morgan fingerprint density at radius 1 is 0.707 bits per heavy atom. The van der Waals surface area contributed by atoms with Crippen LogP contribution in [-0.4, -0.2) is 60.1 Å². The topological polar surface area (TPSA) is 90.7 Å². The van der Waals surface area contributed by atoms with Crippen LogP contribution in [0.1, 0.15) is 55.6 Å². The van der Waals surface area contributed by atoms with Crippen molar-refractivity contribution >= 4 is 57.8 Å². The Kier molecular flexibility index (Phi) is 10.5. The van der Waals surface area contributed by atoms with Crippen LogP contribution in [0.2, 0.25) is 10.0 Å². The fourth-order valence-corrected chi connectivity index (χ4v) is 5.95. The Bertz CT molecular complexity index is 1510. The van der Waals surface area contributed by atoms with Gasteiger partial charge in [-0.3, -0.25) is 19.6 Å². The van der Waals surface area contributed by atoms with E-state index in [2.05, 4.69) is 23.8 Å². The minimum Gasteiger partial charge on any atom is -0.495 e. The number of ether oxygens (including phenoxy) is 2. The number of amides is 2. The normalized spacial score (nSPS) is 11.3. The molecule has 0 unspecified atom stereocenters. The maximum atomic E-state index is 12.2. The van der Waals surface area contributed by atoms with Gasteiger partial charge in [-0.2, -0.15) is 0 Å². The monoisotopic (exact) mass is 600 g/mol. The Labute approximate surface area is 250 Å². The molecule has 220 valence electrons. The summed E-state index contributed by atoms with van der Waals surface area (Å²) in [6.07, 6.45) is 7.36. The van der Waals surface area contributed by atoms with Crippen LogP contribution >= 0.6 is 23.2 Å². The predicted octanol–water partition coefficient (Wildman–Crippen LogP) is 6.89. The number of aromatic amines is 2. The molecule has 0 aliphatic heterocycles. The zero-order chi connectivity index (χ0) is 29.5. The molecule has 0 spiro atoms. The number of fused-ring (bicyclic) bond motifs is 2. The predicted molar refractivity (Wildman–Crippen MR) is 165 cm³/mol. The fourth-order valence-electron chi connectivity index (χ4n) is 5.46. The maximum absolute atomic E-state index is 12.2. The molecule has 2 N–H and O–H groups in total. The van der Waals surface area contributed by atoms with Crippen LogP contribution in [0, 0.1) is 0 Å². The molecule has 10 heteroatoms. The van der Waals surface area contributed by atoms with E-state index < -0.39 is 0 Å². The molecule has 0 bridgehead atoms. The van der Waals surface area contributed by atoms with Crippen LogP contribution in [0.3, 0.4) is 0 Å². The lowest BCUT2D eigenvalue weighted by molar-refractivity contribution is -0.146. The molecule has 2 aromatic carbocycles. The van der Waals surface area contributed by atoms with Crippen molar-refractivity contribution in [2.45, 2.75) is 58.8 Å². The van der Waals surface area contributed by atoms with Gasteiger partial charge < -0.3 is 19.4 Å². The fraction of sp³-hybridized carbons (Fsp3) is 0.419. The molecule has 0 atom stereocenters. The maximum Gasteiger partial charge on any atom is 0.228 e. The Hall–Kier alpha value is -3.36. The van der Waals surface area contributed by atoms with Gasteiger partial charge in [0.15, 0.2) is 0 Å². The van der Waals surface area contributed by atoms with Gasteiger partial charge >= 0.3 is 0 Å². The summed E-state index contributed by atoms with van der Waals surface area (Å²) in [7, 11) is 3.19. The molecule has 0 aliphatic carbocycles. The van der Waals surface area contributed by atoms with Gasteiger partial charge in [-0.05, 0) is 67.5 Å². The molecule has 0 fully saturated rings. The van der Waals surface area contributed by atoms with Gasteiger partial charge in [-0.25, -0.2) is 0 Å². The third-order valence-electron chi connectivity index (χ3n) is 7.57. The number of benzene rings is 2. The molecule has 4 rings (SSSR count). The number of hydrogen-bond donors (Lipinski definition) is 2. The number of hydrogen-bond acceptors (Lipinski definition) is 4. The molecule has 2 aromatic heterocycles. The number of H-pyrrole nitrogens is 2. The molecule has 2 amide bonds. The van der Waals surface area contributed by atoms with Crippen molar-refractivity contribution in [2.24, 2.45) is 0 Å². The second kappa shape index (κ2) is 14.0. The first-order chi connectivity index (χ1) is 19.9. The number of aryl methyl sites for hydroxylation is 2. The summed E-state index contributed by atoms with van der Waals surface area (Å²) in [5.41, 5.74) is 6.27. The lowest BCUT2D eigenvalue weighted by Crippen LogP contribution is -2.43. The Balaban J connectivity index is 1.57. The molecule has 0 saturated carbocycles. The molecular formula is C31H38Cl2N4O4. The molecule has 41 heavy (non-hydrogen) atoms. The number of carbonyl (C=O) groups is 2. The number of methoxy groups -OCH3 is 2. The zero-order valence-corrected chi connectivity index (χ0v) is 25.6. The summed E-state index contributed by atoms with van der Waals surface area (Å²) in [6.45, 7) is 4.97. The first-order valence-electron chi connectivity index (χ1n) is 14.1. The van der Waals surface area contributed by atoms with Crippen molar-refractivity contribution in [3.63, 3.8) is 0 Å². The van der Waals surface area contributed by atoms with Crippen LogP contribution in [0.25, 0.3) is 21.8 Å². The number of nitrogens with one attached hydrogen (secondary N) is 2. The van der Waals surface area contributed by atoms with E-state index in [9.17, 15) is 9.59 Å². The van der Waals surface area contributed by atoms with E-state index >= 15 is 0 Å². The highest BCUT2D eigenvalue weighted by Gasteiger charge is 2.20. The molecule has 0 radical (unpaired) electrons. The first-order valence-corrected chi connectivity index (χ1v) is 14.8. The Morgan fingerprint density at radius 2 is 1.17 bits per heavy atom. The number of hydrazine groups is 1. The van der Waals surface area contributed by atoms with Crippen LogP contribution in [-0.2, 0) is 35.3 Å². The van der Waals surface area contributed by atoms with Crippen LogP contribution in [0.15, 0.2) is 24.3 Å². The Morgan fingerprint density at radius 3 is 1.56 bits per heavy atom. The van der Waals surface area contributed by atoms with E-state index in [1.165, 1.54) is 10.0 Å². The molecule has 0 saturated heterocycles. The molecule has 2 heterocycles. The van der Waals surface area contributed by atoms with Crippen LogP contribution in [0.5, 0.6) is 11.5 Å². The SMILES string of the molecule is CCCCc1[nH]c2cc(Cl)c(OC)cc2c1CCN(C=O)N(C=O)CCc1c(CCC)[nH]c2cc(Cl)c(OC)cc12. The summed E-state index contributed by atoms with van der Waals surface area (Å²) in [5, 5.41) is 5.99.